The smallest absolute Gasteiger partial charge is 0.216 e. The minimum atomic E-state index is -3.03. The summed E-state index contributed by atoms with van der Waals surface area (Å²) >= 11 is 0. The molecule has 19 heavy (non-hydrogen) atoms. The molecular weight excluding hydrogens is 260 g/mol. The third-order valence-electron chi connectivity index (χ3n) is 4.00. The van der Waals surface area contributed by atoms with E-state index in [1.807, 2.05) is 0 Å². The lowest BCUT2D eigenvalue weighted by molar-refractivity contribution is 0.258. The van der Waals surface area contributed by atoms with Gasteiger partial charge in [0.1, 0.15) is 0 Å². The summed E-state index contributed by atoms with van der Waals surface area (Å²) in [5.41, 5.74) is 0. The zero-order chi connectivity index (χ0) is 14.3. The average molecular weight is 292 g/mol. The molecule has 0 aromatic carbocycles. The van der Waals surface area contributed by atoms with Crippen LogP contribution in [0.5, 0.6) is 0 Å². The van der Waals surface area contributed by atoms with Gasteiger partial charge < -0.3 is 5.32 Å². The quantitative estimate of drug-likeness (QED) is 0.699. The van der Waals surface area contributed by atoms with Crippen molar-refractivity contribution in [2.75, 3.05) is 26.2 Å². The fraction of sp³-hybridized carbons (Fsp3) is 1.00. The van der Waals surface area contributed by atoms with Crippen molar-refractivity contribution in [2.24, 2.45) is 5.92 Å². The van der Waals surface area contributed by atoms with Crippen LogP contribution < -0.4 is 5.32 Å². The number of sulfonamides is 1. The highest BCUT2D eigenvalue weighted by Gasteiger charge is 2.29. The number of nitrogens with one attached hydrogen (secondary N) is 1. The number of nitrogens with zero attached hydrogens (tertiary/aromatic N) is 1. The van der Waals surface area contributed by atoms with E-state index in [0.717, 1.165) is 44.9 Å². The second-order valence-electron chi connectivity index (χ2n) is 5.79. The maximum Gasteiger partial charge on any atom is 0.216 e. The fourth-order valence-electron chi connectivity index (χ4n) is 2.61. The molecular formula is C14H32N2O2S. The Morgan fingerprint density at radius 1 is 1.26 bits per heavy atom. The maximum atomic E-state index is 12.0. The zero-order valence-corrected chi connectivity index (χ0v) is 13.5. The van der Waals surface area contributed by atoms with Crippen molar-refractivity contribution in [1.82, 2.24) is 9.62 Å². The minimum absolute atomic E-state index is 0. The SMILES string of the molecule is CCNCCCCC1CCN(S(=O)(=O)C(C)C)CC1.[HH]. The summed E-state index contributed by atoms with van der Waals surface area (Å²) in [6.07, 6.45) is 5.81. The van der Waals surface area contributed by atoms with E-state index in [1.54, 1.807) is 18.2 Å². The van der Waals surface area contributed by atoms with Crippen LogP contribution in [-0.2, 0) is 10.0 Å². The molecule has 0 saturated carbocycles. The van der Waals surface area contributed by atoms with Crippen LogP contribution in [-0.4, -0.2) is 44.2 Å². The van der Waals surface area contributed by atoms with Crippen molar-refractivity contribution in [3.05, 3.63) is 0 Å². The largest absolute Gasteiger partial charge is 0.317 e. The highest BCUT2D eigenvalue weighted by molar-refractivity contribution is 7.89. The summed E-state index contributed by atoms with van der Waals surface area (Å²) in [7, 11) is -3.03. The molecule has 0 spiro atoms. The Balaban J connectivity index is 0.00000361. The van der Waals surface area contributed by atoms with Gasteiger partial charge in [0, 0.05) is 14.5 Å². The second kappa shape index (κ2) is 8.22. The van der Waals surface area contributed by atoms with E-state index >= 15 is 0 Å². The Labute approximate surface area is 120 Å². The molecule has 1 aliphatic heterocycles. The predicted molar refractivity (Wildman–Crippen MR) is 82.9 cm³/mol. The van der Waals surface area contributed by atoms with Gasteiger partial charge >= 0.3 is 0 Å². The van der Waals surface area contributed by atoms with E-state index in [4.69, 9.17) is 0 Å². The molecule has 0 amide bonds. The highest BCUT2D eigenvalue weighted by atomic mass is 32.2. The van der Waals surface area contributed by atoms with Crippen molar-refractivity contribution < 1.29 is 9.84 Å². The monoisotopic (exact) mass is 292 g/mol. The Bertz CT molecular complexity index is 339. The lowest BCUT2D eigenvalue weighted by Gasteiger charge is -2.32. The molecule has 1 aliphatic rings. The molecule has 0 aromatic heterocycles. The van der Waals surface area contributed by atoms with Gasteiger partial charge in [-0.2, -0.15) is 0 Å². The van der Waals surface area contributed by atoms with Crippen LogP contribution in [0.25, 0.3) is 0 Å². The third-order valence-corrected chi connectivity index (χ3v) is 6.27. The molecule has 4 nitrogen and oxygen atoms in total. The lowest BCUT2D eigenvalue weighted by Crippen LogP contribution is -2.41. The number of hydrogen-bond acceptors (Lipinski definition) is 3. The molecule has 1 heterocycles. The highest BCUT2D eigenvalue weighted by Crippen LogP contribution is 2.25. The van der Waals surface area contributed by atoms with Gasteiger partial charge in [-0.1, -0.05) is 19.8 Å². The molecule has 5 heteroatoms. The van der Waals surface area contributed by atoms with Gasteiger partial charge in [0.2, 0.25) is 10.0 Å². The third kappa shape index (κ3) is 5.40. The molecule has 0 unspecified atom stereocenters. The summed E-state index contributed by atoms with van der Waals surface area (Å²) in [6, 6.07) is 0. The van der Waals surface area contributed by atoms with Gasteiger partial charge in [-0.3, -0.25) is 0 Å². The van der Waals surface area contributed by atoms with Crippen LogP contribution in [0.15, 0.2) is 0 Å². The van der Waals surface area contributed by atoms with E-state index < -0.39 is 10.0 Å². The summed E-state index contributed by atoms with van der Waals surface area (Å²) in [6.45, 7) is 9.26. The standard InChI is InChI=1S/C14H30N2O2S.H2/c1-4-15-10-6-5-7-14-8-11-16(12-9-14)19(17,18)13(2)3;/h13-15H,4-12H2,1-3H3;1H. The molecule has 1 N–H and O–H groups in total. The summed E-state index contributed by atoms with van der Waals surface area (Å²) < 4.78 is 25.8. The van der Waals surface area contributed by atoms with Crippen molar-refractivity contribution >= 4 is 10.0 Å². The minimum Gasteiger partial charge on any atom is -0.317 e. The molecule has 0 aromatic rings. The van der Waals surface area contributed by atoms with Crippen LogP contribution in [0.4, 0.5) is 0 Å². The Morgan fingerprint density at radius 3 is 2.42 bits per heavy atom. The van der Waals surface area contributed by atoms with E-state index in [0.29, 0.717) is 0 Å². The summed E-state index contributed by atoms with van der Waals surface area (Å²) in [5.74, 6) is 0.722. The van der Waals surface area contributed by atoms with E-state index in [-0.39, 0.29) is 6.68 Å². The number of rotatable bonds is 8. The topological polar surface area (TPSA) is 49.4 Å². The van der Waals surface area contributed by atoms with Gasteiger partial charge in [-0.25, -0.2) is 12.7 Å². The number of hydrogen-bond donors (Lipinski definition) is 1. The van der Waals surface area contributed by atoms with Gasteiger partial charge in [-0.05, 0) is 52.1 Å². The van der Waals surface area contributed by atoms with Gasteiger partial charge in [0.15, 0.2) is 0 Å². The Hall–Kier alpha value is -0.130. The molecule has 0 atom stereocenters. The summed E-state index contributed by atoms with van der Waals surface area (Å²) in [4.78, 5) is 0. The van der Waals surface area contributed by atoms with Crippen LogP contribution in [0.2, 0.25) is 0 Å². The first-order chi connectivity index (χ1) is 8.98. The fourth-order valence-corrected chi connectivity index (χ4v) is 3.93. The maximum absolute atomic E-state index is 12.0. The number of unbranched alkanes of at least 4 members (excludes halogenated alkanes) is 1. The first-order valence-electron chi connectivity index (χ1n) is 7.68. The second-order valence-corrected chi connectivity index (χ2v) is 8.27. The van der Waals surface area contributed by atoms with Crippen LogP contribution in [0, 0.1) is 5.92 Å². The van der Waals surface area contributed by atoms with E-state index in [2.05, 4.69) is 12.2 Å². The molecule has 0 bridgehead atoms. The van der Waals surface area contributed by atoms with E-state index in [1.165, 1.54) is 19.3 Å². The first-order valence-corrected chi connectivity index (χ1v) is 9.18. The zero-order valence-electron chi connectivity index (χ0n) is 12.7. The van der Waals surface area contributed by atoms with Crippen LogP contribution in [0.1, 0.15) is 54.3 Å². The summed E-state index contributed by atoms with van der Waals surface area (Å²) in [5, 5.41) is 3.05. The van der Waals surface area contributed by atoms with Crippen LogP contribution >= 0.6 is 0 Å². The van der Waals surface area contributed by atoms with Crippen molar-refractivity contribution in [3.8, 4) is 0 Å². The Morgan fingerprint density at radius 2 is 1.89 bits per heavy atom. The van der Waals surface area contributed by atoms with Crippen molar-refractivity contribution in [1.29, 1.82) is 0 Å². The first kappa shape index (κ1) is 16.9. The molecule has 1 saturated heterocycles. The predicted octanol–water partition coefficient (Wildman–Crippen LogP) is 2.46. The molecule has 0 aliphatic carbocycles. The number of piperidine rings is 1. The van der Waals surface area contributed by atoms with Crippen molar-refractivity contribution in [3.63, 3.8) is 0 Å². The molecule has 116 valence electrons. The Kier molecular flexibility index (Phi) is 7.32. The van der Waals surface area contributed by atoms with E-state index in [9.17, 15) is 8.42 Å². The van der Waals surface area contributed by atoms with Gasteiger partial charge in [0.05, 0.1) is 5.25 Å². The molecule has 1 rings (SSSR count). The van der Waals surface area contributed by atoms with Gasteiger partial charge in [-0.15, -0.1) is 0 Å². The molecule has 1 fully saturated rings. The lowest BCUT2D eigenvalue weighted by atomic mass is 9.92. The molecule has 0 radical (unpaired) electrons. The van der Waals surface area contributed by atoms with Crippen molar-refractivity contribution in [2.45, 2.75) is 58.1 Å². The normalized spacial score (nSPS) is 19.2. The van der Waals surface area contributed by atoms with Gasteiger partial charge in [0.25, 0.3) is 0 Å². The average Bonchev–Trinajstić information content (AvgIpc) is 2.39. The van der Waals surface area contributed by atoms with Crippen LogP contribution in [0.3, 0.4) is 0 Å².